The standard InChI is InChI=1S/C23H28N2O7/c1-5-10-31-16-9-8-14(11-17(16)28-4)20-15(13-24)22(25)32-18(12-19(26)29-6-2)21(20)23(27)30-7-3/h8-9,11,20H,5-7,10,12,25H2,1-4H3/t20-/m0/s1. The van der Waals surface area contributed by atoms with Gasteiger partial charge in [-0.05, 0) is 38.0 Å². The molecule has 0 aliphatic carbocycles. The topological polar surface area (TPSA) is 130 Å². The summed E-state index contributed by atoms with van der Waals surface area (Å²) in [6.45, 7) is 6.06. The van der Waals surface area contributed by atoms with Crippen molar-refractivity contribution in [2.45, 2.75) is 39.5 Å². The molecule has 1 atom stereocenters. The number of methoxy groups -OCH3 is 1. The summed E-state index contributed by atoms with van der Waals surface area (Å²) in [6.07, 6.45) is 0.475. The Morgan fingerprint density at radius 2 is 1.88 bits per heavy atom. The van der Waals surface area contributed by atoms with E-state index < -0.39 is 17.9 Å². The molecule has 0 bridgehead atoms. The largest absolute Gasteiger partial charge is 0.493 e. The van der Waals surface area contributed by atoms with Gasteiger partial charge in [-0.2, -0.15) is 5.26 Å². The van der Waals surface area contributed by atoms with Crippen molar-refractivity contribution in [2.75, 3.05) is 26.9 Å². The zero-order chi connectivity index (χ0) is 23.7. The predicted molar refractivity (Wildman–Crippen MR) is 114 cm³/mol. The summed E-state index contributed by atoms with van der Waals surface area (Å²) >= 11 is 0. The van der Waals surface area contributed by atoms with Crippen LogP contribution in [0.3, 0.4) is 0 Å². The number of benzene rings is 1. The maximum Gasteiger partial charge on any atom is 0.338 e. The van der Waals surface area contributed by atoms with Gasteiger partial charge in [0.05, 0.1) is 38.4 Å². The van der Waals surface area contributed by atoms with Crippen LogP contribution in [0, 0.1) is 11.3 Å². The smallest absolute Gasteiger partial charge is 0.338 e. The van der Waals surface area contributed by atoms with Gasteiger partial charge in [-0.3, -0.25) is 4.79 Å². The second-order valence-corrected chi connectivity index (χ2v) is 6.72. The Bertz CT molecular complexity index is 960. The molecule has 1 heterocycles. The highest BCUT2D eigenvalue weighted by Gasteiger charge is 2.38. The number of hydrogen-bond acceptors (Lipinski definition) is 9. The number of nitrogens with two attached hydrogens (primary N) is 1. The Morgan fingerprint density at radius 1 is 1.16 bits per heavy atom. The molecule has 2 rings (SSSR count). The zero-order valence-electron chi connectivity index (χ0n) is 18.7. The van der Waals surface area contributed by atoms with E-state index in [2.05, 4.69) is 0 Å². The molecule has 0 amide bonds. The monoisotopic (exact) mass is 444 g/mol. The predicted octanol–water partition coefficient (Wildman–Crippen LogP) is 3.06. The Labute approximate surface area is 187 Å². The van der Waals surface area contributed by atoms with E-state index in [0.717, 1.165) is 6.42 Å². The third kappa shape index (κ3) is 5.52. The normalized spacial score (nSPS) is 15.5. The van der Waals surface area contributed by atoms with Crippen LogP contribution in [0.4, 0.5) is 0 Å². The molecule has 0 saturated carbocycles. The molecular formula is C23H28N2O7. The van der Waals surface area contributed by atoms with Crippen molar-refractivity contribution in [2.24, 2.45) is 5.73 Å². The van der Waals surface area contributed by atoms with Crippen molar-refractivity contribution < 1.29 is 33.3 Å². The molecule has 1 aliphatic rings. The number of carbonyl (C=O) groups excluding carboxylic acids is 2. The number of nitriles is 1. The minimum absolute atomic E-state index is 0.00920. The third-order valence-electron chi connectivity index (χ3n) is 4.59. The number of ether oxygens (including phenoxy) is 5. The minimum Gasteiger partial charge on any atom is -0.493 e. The molecule has 2 N–H and O–H groups in total. The molecule has 0 radical (unpaired) electrons. The van der Waals surface area contributed by atoms with E-state index in [1.165, 1.54) is 7.11 Å². The van der Waals surface area contributed by atoms with Crippen LogP contribution in [-0.4, -0.2) is 38.9 Å². The molecule has 9 nitrogen and oxygen atoms in total. The van der Waals surface area contributed by atoms with Crippen LogP contribution in [0.2, 0.25) is 0 Å². The number of carbonyl (C=O) groups is 2. The lowest BCUT2D eigenvalue weighted by Crippen LogP contribution is -2.27. The van der Waals surface area contributed by atoms with Gasteiger partial charge in [0.2, 0.25) is 5.88 Å². The molecule has 1 aromatic rings. The molecular weight excluding hydrogens is 416 g/mol. The summed E-state index contributed by atoms with van der Waals surface area (Å²) < 4.78 is 26.9. The summed E-state index contributed by atoms with van der Waals surface area (Å²) in [4.78, 5) is 25.1. The van der Waals surface area contributed by atoms with Gasteiger partial charge < -0.3 is 29.4 Å². The first-order chi connectivity index (χ1) is 15.4. The first-order valence-corrected chi connectivity index (χ1v) is 10.4. The van der Waals surface area contributed by atoms with E-state index in [1.807, 2.05) is 13.0 Å². The number of rotatable bonds is 10. The van der Waals surface area contributed by atoms with Gasteiger partial charge in [0.15, 0.2) is 11.5 Å². The average molecular weight is 444 g/mol. The highest BCUT2D eigenvalue weighted by atomic mass is 16.5. The van der Waals surface area contributed by atoms with Gasteiger partial charge in [-0.25, -0.2) is 4.79 Å². The van der Waals surface area contributed by atoms with Crippen LogP contribution in [0.1, 0.15) is 45.1 Å². The Balaban J connectivity index is 2.65. The first kappa shape index (κ1) is 24.6. The molecule has 1 aromatic carbocycles. The van der Waals surface area contributed by atoms with Crippen molar-refractivity contribution in [1.29, 1.82) is 5.26 Å². The average Bonchev–Trinajstić information content (AvgIpc) is 2.77. The van der Waals surface area contributed by atoms with Crippen molar-refractivity contribution >= 4 is 11.9 Å². The van der Waals surface area contributed by atoms with E-state index in [0.29, 0.717) is 23.7 Å². The molecule has 0 fully saturated rings. The molecule has 0 saturated heterocycles. The van der Waals surface area contributed by atoms with Crippen LogP contribution >= 0.6 is 0 Å². The van der Waals surface area contributed by atoms with Crippen molar-refractivity contribution in [1.82, 2.24) is 0 Å². The number of hydrogen-bond donors (Lipinski definition) is 1. The van der Waals surface area contributed by atoms with Crippen LogP contribution < -0.4 is 15.2 Å². The second-order valence-electron chi connectivity index (χ2n) is 6.72. The Hall–Kier alpha value is -3.67. The van der Waals surface area contributed by atoms with Crippen molar-refractivity contribution in [3.8, 4) is 17.6 Å². The molecule has 0 spiro atoms. The lowest BCUT2D eigenvalue weighted by atomic mass is 9.82. The van der Waals surface area contributed by atoms with Gasteiger partial charge >= 0.3 is 11.9 Å². The van der Waals surface area contributed by atoms with Crippen LogP contribution in [-0.2, 0) is 23.8 Å². The molecule has 1 aliphatic heterocycles. The lowest BCUT2D eigenvalue weighted by molar-refractivity contribution is -0.143. The fraction of sp³-hybridized carbons (Fsp3) is 0.435. The summed E-state index contributed by atoms with van der Waals surface area (Å²) in [5.74, 6) is -1.52. The number of esters is 2. The first-order valence-electron chi connectivity index (χ1n) is 10.4. The fourth-order valence-electron chi connectivity index (χ4n) is 3.25. The van der Waals surface area contributed by atoms with E-state index in [4.69, 9.17) is 29.4 Å². The Kier molecular flexibility index (Phi) is 8.95. The molecule has 9 heteroatoms. The second kappa shape index (κ2) is 11.6. The highest BCUT2D eigenvalue weighted by Crippen LogP contribution is 2.43. The zero-order valence-corrected chi connectivity index (χ0v) is 18.7. The molecule has 0 unspecified atom stereocenters. The van der Waals surface area contributed by atoms with E-state index in [-0.39, 0.29) is 42.4 Å². The van der Waals surface area contributed by atoms with Crippen LogP contribution in [0.15, 0.2) is 41.0 Å². The number of allylic oxidation sites excluding steroid dienone is 1. The SMILES string of the molecule is CCCOc1ccc([C@H]2C(C#N)=C(N)OC(CC(=O)OCC)=C2C(=O)OCC)cc1OC. The lowest BCUT2D eigenvalue weighted by Gasteiger charge is -2.28. The highest BCUT2D eigenvalue weighted by molar-refractivity contribution is 5.93. The van der Waals surface area contributed by atoms with Gasteiger partial charge in [0, 0.05) is 0 Å². The van der Waals surface area contributed by atoms with Crippen LogP contribution in [0.25, 0.3) is 0 Å². The van der Waals surface area contributed by atoms with Crippen LogP contribution in [0.5, 0.6) is 11.5 Å². The Morgan fingerprint density at radius 3 is 2.47 bits per heavy atom. The minimum atomic E-state index is -0.925. The van der Waals surface area contributed by atoms with E-state index >= 15 is 0 Å². The third-order valence-corrected chi connectivity index (χ3v) is 4.59. The van der Waals surface area contributed by atoms with E-state index in [9.17, 15) is 14.9 Å². The molecule has 32 heavy (non-hydrogen) atoms. The van der Waals surface area contributed by atoms with Crippen molar-refractivity contribution in [3.63, 3.8) is 0 Å². The van der Waals surface area contributed by atoms with Gasteiger partial charge in [-0.15, -0.1) is 0 Å². The molecule has 172 valence electrons. The summed E-state index contributed by atoms with van der Waals surface area (Å²) in [5, 5.41) is 9.78. The summed E-state index contributed by atoms with van der Waals surface area (Å²) in [7, 11) is 1.49. The fourth-order valence-corrected chi connectivity index (χ4v) is 3.25. The summed E-state index contributed by atoms with van der Waals surface area (Å²) in [5.41, 5.74) is 6.55. The summed E-state index contributed by atoms with van der Waals surface area (Å²) in [6, 6.07) is 7.07. The number of nitrogens with zero attached hydrogens (tertiary/aromatic N) is 1. The quantitative estimate of drug-likeness (QED) is 0.541. The van der Waals surface area contributed by atoms with Gasteiger partial charge in [-0.1, -0.05) is 13.0 Å². The maximum absolute atomic E-state index is 12.9. The maximum atomic E-state index is 12.9. The molecule has 0 aromatic heterocycles. The van der Waals surface area contributed by atoms with Crippen molar-refractivity contribution in [3.05, 3.63) is 46.6 Å². The van der Waals surface area contributed by atoms with Gasteiger partial charge in [0.25, 0.3) is 0 Å². The van der Waals surface area contributed by atoms with E-state index in [1.54, 1.807) is 32.0 Å². The van der Waals surface area contributed by atoms with Gasteiger partial charge in [0.1, 0.15) is 23.8 Å².